The van der Waals surface area contributed by atoms with Crippen LogP contribution in [0.5, 0.6) is 5.75 Å². The van der Waals surface area contributed by atoms with Crippen LogP contribution in [0.4, 0.5) is 0 Å². The van der Waals surface area contributed by atoms with Crippen molar-refractivity contribution in [1.29, 1.82) is 0 Å². The third-order valence-corrected chi connectivity index (χ3v) is 5.05. The number of morpholine rings is 1. The Balaban J connectivity index is 1.32. The van der Waals surface area contributed by atoms with Gasteiger partial charge in [-0.3, -0.25) is 9.30 Å². The topological polar surface area (TPSA) is 64.8 Å². The summed E-state index contributed by atoms with van der Waals surface area (Å²) in [6.45, 7) is 5.16. The van der Waals surface area contributed by atoms with Gasteiger partial charge in [0.25, 0.3) is 0 Å². The van der Waals surface area contributed by atoms with E-state index in [1.54, 1.807) is 6.33 Å². The van der Waals surface area contributed by atoms with E-state index < -0.39 is 0 Å². The fraction of sp³-hybridized carbons (Fsp3) is 0.286. The molecule has 2 aromatic heterocycles. The van der Waals surface area contributed by atoms with Crippen LogP contribution in [0.1, 0.15) is 0 Å². The van der Waals surface area contributed by atoms with Gasteiger partial charge >= 0.3 is 0 Å². The van der Waals surface area contributed by atoms with Gasteiger partial charge in [-0.25, -0.2) is 4.98 Å². The summed E-state index contributed by atoms with van der Waals surface area (Å²) in [6, 6.07) is 15.9. The quantitative estimate of drug-likeness (QED) is 0.534. The largest absolute Gasteiger partial charge is 0.492 e. The number of rotatable bonds is 5. The Morgan fingerprint density at radius 2 is 1.79 bits per heavy atom. The maximum Gasteiger partial charge on any atom is 0.171 e. The van der Waals surface area contributed by atoms with Crippen LogP contribution in [-0.4, -0.2) is 63.9 Å². The minimum atomic E-state index is 0.670. The minimum absolute atomic E-state index is 0.670. The maximum atomic E-state index is 5.89. The van der Waals surface area contributed by atoms with Crippen molar-refractivity contribution in [3.05, 3.63) is 54.9 Å². The second-order valence-electron chi connectivity index (χ2n) is 6.81. The van der Waals surface area contributed by atoms with Gasteiger partial charge in [-0.2, -0.15) is 0 Å². The molecule has 1 aliphatic rings. The van der Waals surface area contributed by atoms with Gasteiger partial charge in [-0.1, -0.05) is 12.1 Å². The fourth-order valence-corrected chi connectivity index (χ4v) is 3.49. The smallest absolute Gasteiger partial charge is 0.171 e. The summed E-state index contributed by atoms with van der Waals surface area (Å²) in [5, 5.41) is 9.75. The van der Waals surface area contributed by atoms with Gasteiger partial charge in [0.15, 0.2) is 11.5 Å². The highest BCUT2D eigenvalue weighted by Gasteiger charge is 2.12. The van der Waals surface area contributed by atoms with E-state index in [4.69, 9.17) is 9.47 Å². The zero-order valence-corrected chi connectivity index (χ0v) is 15.5. The highest BCUT2D eigenvalue weighted by molar-refractivity contribution is 5.91. The van der Waals surface area contributed by atoms with Gasteiger partial charge in [-0.05, 0) is 36.4 Å². The lowest BCUT2D eigenvalue weighted by Crippen LogP contribution is -2.38. The molecule has 28 heavy (non-hydrogen) atoms. The Bertz CT molecular complexity index is 1090. The molecule has 142 valence electrons. The molecule has 0 aliphatic carbocycles. The van der Waals surface area contributed by atoms with Crippen LogP contribution >= 0.6 is 0 Å². The van der Waals surface area contributed by atoms with Crippen molar-refractivity contribution >= 4 is 16.6 Å². The molecule has 0 spiro atoms. The highest BCUT2D eigenvalue weighted by Crippen LogP contribution is 2.24. The number of nitrogens with zero attached hydrogens (tertiary/aromatic N) is 5. The maximum absolute atomic E-state index is 5.89. The van der Waals surface area contributed by atoms with E-state index >= 15 is 0 Å². The summed E-state index contributed by atoms with van der Waals surface area (Å²) in [4.78, 5) is 6.87. The van der Waals surface area contributed by atoms with E-state index in [-0.39, 0.29) is 0 Å². The monoisotopic (exact) mass is 375 g/mol. The number of ether oxygens (including phenoxy) is 2. The van der Waals surface area contributed by atoms with Crippen molar-refractivity contribution in [3.63, 3.8) is 0 Å². The number of hydrogen-bond acceptors (Lipinski definition) is 6. The zero-order chi connectivity index (χ0) is 18.8. The third kappa shape index (κ3) is 3.30. The molecule has 0 radical (unpaired) electrons. The molecule has 4 aromatic rings. The van der Waals surface area contributed by atoms with Gasteiger partial charge in [-0.15, -0.1) is 10.2 Å². The van der Waals surface area contributed by atoms with Crippen molar-refractivity contribution in [2.45, 2.75) is 0 Å². The average Bonchev–Trinajstić information content (AvgIpc) is 3.20. The van der Waals surface area contributed by atoms with Gasteiger partial charge in [0.05, 0.1) is 18.7 Å². The van der Waals surface area contributed by atoms with Gasteiger partial charge in [0.2, 0.25) is 0 Å². The molecule has 2 aromatic carbocycles. The summed E-state index contributed by atoms with van der Waals surface area (Å²) in [7, 11) is 0. The summed E-state index contributed by atoms with van der Waals surface area (Å²) < 4.78 is 13.2. The molecule has 0 amide bonds. The number of fused-ring (bicyclic) bond motifs is 3. The van der Waals surface area contributed by atoms with Crippen molar-refractivity contribution < 1.29 is 9.47 Å². The van der Waals surface area contributed by atoms with E-state index in [1.807, 2.05) is 52.9 Å². The number of benzene rings is 2. The lowest BCUT2D eigenvalue weighted by molar-refractivity contribution is 0.0322. The molecular formula is C21H21N5O2. The standard InChI is InChI=1S/C21H21N5O2/c1-2-4-19-18(3-1)21-24-23-20(26(21)15-22-19)16-5-7-17(8-6-16)28-14-11-25-9-12-27-13-10-25/h1-8,15H,9-14H2. The van der Waals surface area contributed by atoms with Crippen LogP contribution in [0, 0.1) is 0 Å². The first kappa shape index (κ1) is 17.1. The second-order valence-corrected chi connectivity index (χ2v) is 6.81. The summed E-state index contributed by atoms with van der Waals surface area (Å²) in [5.74, 6) is 1.63. The van der Waals surface area contributed by atoms with E-state index in [1.165, 1.54) is 0 Å². The van der Waals surface area contributed by atoms with Crippen LogP contribution in [0.2, 0.25) is 0 Å². The van der Waals surface area contributed by atoms with Crippen LogP contribution in [0.3, 0.4) is 0 Å². The number of aromatic nitrogens is 4. The Morgan fingerprint density at radius 1 is 0.964 bits per heavy atom. The zero-order valence-electron chi connectivity index (χ0n) is 15.5. The van der Waals surface area contributed by atoms with Crippen LogP contribution in [0.25, 0.3) is 27.9 Å². The summed E-state index contributed by atoms with van der Waals surface area (Å²) >= 11 is 0. The molecule has 7 nitrogen and oxygen atoms in total. The average molecular weight is 375 g/mol. The van der Waals surface area contributed by atoms with Gasteiger partial charge in [0, 0.05) is 30.6 Å². The predicted octanol–water partition coefficient (Wildman–Crippen LogP) is 2.66. The third-order valence-electron chi connectivity index (χ3n) is 5.05. The van der Waals surface area contributed by atoms with E-state index in [0.29, 0.717) is 6.61 Å². The molecule has 1 fully saturated rings. The number of hydrogen-bond donors (Lipinski definition) is 0. The molecule has 7 heteroatoms. The normalized spacial score (nSPS) is 15.3. The molecule has 0 atom stereocenters. The van der Waals surface area contributed by atoms with E-state index in [9.17, 15) is 0 Å². The lowest BCUT2D eigenvalue weighted by atomic mass is 10.2. The van der Waals surface area contributed by atoms with Crippen LogP contribution in [-0.2, 0) is 4.74 Å². The van der Waals surface area contributed by atoms with E-state index in [0.717, 1.165) is 66.5 Å². The van der Waals surface area contributed by atoms with E-state index in [2.05, 4.69) is 20.1 Å². The van der Waals surface area contributed by atoms with Gasteiger partial charge < -0.3 is 9.47 Å². The Labute approximate surface area is 162 Å². The van der Waals surface area contributed by atoms with Crippen LogP contribution in [0.15, 0.2) is 54.9 Å². The van der Waals surface area contributed by atoms with Gasteiger partial charge in [0.1, 0.15) is 18.7 Å². The first-order valence-corrected chi connectivity index (χ1v) is 9.50. The van der Waals surface area contributed by atoms with Crippen molar-refractivity contribution in [2.75, 3.05) is 39.5 Å². The number of para-hydroxylation sites is 1. The molecule has 0 bridgehead atoms. The Kier molecular flexibility index (Phi) is 4.60. The fourth-order valence-electron chi connectivity index (χ4n) is 3.49. The Morgan fingerprint density at radius 3 is 2.64 bits per heavy atom. The SMILES string of the molecule is c1ccc2c(c1)ncn1c(-c3ccc(OCCN4CCOCC4)cc3)nnc21. The first-order valence-electron chi connectivity index (χ1n) is 9.50. The predicted molar refractivity (Wildman–Crippen MR) is 106 cm³/mol. The molecule has 3 heterocycles. The Hall–Kier alpha value is -3.03. The molecule has 0 unspecified atom stereocenters. The van der Waals surface area contributed by atoms with Crippen molar-refractivity contribution in [1.82, 2.24) is 24.5 Å². The molecule has 1 saturated heterocycles. The van der Waals surface area contributed by atoms with Crippen LogP contribution < -0.4 is 4.74 Å². The minimum Gasteiger partial charge on any atom is -0.492 e. The molecule has 5 rings (SSSR count). The molecule has 0 saturated carbocycles. The first-order chi connectivity index (χ1) is 13.9. The highest BCUT2D eigenvalue weighted by atomic mass is 16.5. The summed E-state index contributed by atoms with van der Waals surface area (Å²) in [5.41, 5.74) is 2.70. The second kappa shape index (κ2) is 7.53. The molecule has 1 aliphatic heterocycles. The van der Waals surface area contributed by atoms with Crippen molar-refractivity contribution in [3.8, 4) is 17.1 Å². The summed E-state index contributed by atoms with van der Waals surface area (Å²) in [6.07, 6.45) is 1.78. The van der Waals surface area contributed by atoms with Crippen molar-refractivity contribution in [2.24, 2.45) is 0 Å². The molecular weight excluding hydrogens is 354 g/mol. The lowest BCUT2D eigenvalue weighted by Gasteiger charge is -2.26. The molecule has 0 N–H and O–H groups in total.